The molecule has 2 aromatic carbocycles. The molecule has 0 unspecified atom stereocenters. The van der Waals surface area contributed by atoms with Gasteiger partial charge in [-0.15, -0.1) is 5.10 Å². The molecule has 0 fully saturated rings. The summed E-state index contributed by atoms with van der Waals surface area (Å²) in [5, 5.41) is 17.9. The molecule has 0 saturated heterocycles. The topological polar surface area (TPSA) is 79.9 Å². The largest absolute Gasteiger partial charge is 0.448 e. The molecule has 1 aromatic heterocycles. The molecule has 0 aliphatic heterocycles. The van der Waals surface area contributed by atoms with Crippen LogP contribution in [0.3, 0.4) is 0 Å². The highest BCUT2D eigenvalue weighted by atomic mass is 35.5. The van der Waals surface area contributed by atoms with Crippen molar-refractivity contribution in [3.8, 4) is 17.2 Å². The van der Waals surface area contributed by atoms with Gasteiger partial charge in [0.2, 0.25) is 0 Å². The summed E-state index contributed by atoms with van der Waals surface area (Å²) in [6, 6.07) is 12.8. The standard InChI is InChI=1S/C22H23ClN4O2/c1-14(2)5-4-10-29-22(28)27-20-9-7-16(12-18(20)21(25-3)26-27)17-11-15(13-24)6-8-19(17)23/h6-9,11-12,14H,4-5,10H2,1-3H3,(H,25,26). The summed E-state index contributed by atoms with van der Waals surface area (Å²) in [4.78, 5) is 12.5. The molecular weight excluding hydrogens is 388 g/mol. The van der Waals surface area contributed by atoms with Gasteiger partial charge >= 0.3 is 6.09 Å². The average molecular weight is 411 g/mol. The van der Waals surface area contributed by atoms with Gasteiger partial charge in [-0.3, -0.25) is 0 Å². The lowest BCUT2D eigenvalue weighted by atomic mass is 10.0. The Morgan fingerprint density at radius 1 is 1.31 bits per heavy atom. The van der Waals surface area contributed by atoms with Crippen LogP contribution in [0.2, 0.25) is 5.02 Å². The lowest BCUT2D eigenvalue weighted by Gasteiger charge is -2.08. The van der Waals surface area contributed by atoms with Gasteiger partial charge in [-0.1, -0.05) is 31.5 Å². The summed E-state index contributed by atoms with van der Waals surface area (Å²) in [6.07, 6.45) is 1.32. The molecule has 0 saturated carbocycles. The number of hydrogen-bond acceptors (Lipinski definition) is 5. The molecule has 1 N–H and O–H groups in total. The van der Waals surface area contributed by atoms with Crippen LogP contribution in [0, 0.1) is 17.2 Å². The molecule has 3 rings (SSSR count). The minimum Gasteiger partial charge on any atom is -0.448 e. The summed E-state index contributed by atoms with van der Waals surface area (Å²) < 4.78 is 6.66. The first-order chi connectivity index (χ1) is 13.9. The Labute approximate surface area is 175 Å². The summed E-state index contributed by atoms with van der Waals surface area (Å²) in [6.45, 7) is 4.64. The molecule has 0 radical (unpaired) electrons. The third kappa shape index (κ3) is 4.52. The molecule has 3 aromatic rings. The van der Waals surface area contributed by atoms with E-state index in [9.17, 15) is 4.79 Å². The molecule has 0 bridgehead atoms. The maximum absolute atomic E-state index is 12.5. The van der Waals surface area contributed by atoms with Crippen LogP contribution in [0.4, 0.5) is 10.6 Å². The second-order valence-corrected chi connectivity index (χ2v) is 7.61. The van der Waals surface area contributed by atoms with E-state index in [1.54, 1.807) is 25.2 Å². The third-order valence-electron chi connectivity index (χ3n) is 4.65. The maximum atomic E-state index is 12.5. The Morgan fingerprint density at radius 3 is 2.79 bits per heavy atom. The number of hydrogen-bond donors (Lipinski definition) is 1. The van der Waals surface area contributed by atoms with Crippen molar-refractivity contribution in [2.45, 2.75) is 26.7 Å². The zero-order chi connectivity index (χ0) is 21.0. The molecule has 1 heterocycles. The van der Waals surface area contributed by atoms with Gasteiger partial charge in [-0.25, -0.2) is 4.79 Å². The second kappa shape index (κ2) is 8.97. The van der Waals surface area contributed by atoms with Crippen molar-refractivity contribution in [2.24, 2.45) is 5.92 Å². The number of aromatic nitrogens is 2. The van der Waals surface area contributed by atoms with E-state index in [1.165, 1.54) is 4.68 Å². The molecule has 0 aliphatic rings. The minimum absolute atomic E-state index is 0.363. The van der Waals surface area contributed by atoms with Gasteiger partial charge in [0.1, 0.15) is 0 Å². The van der Waals surface area contributed by atoms with E-state index in [0.29, 0.717) is 34.4 Å². The van der Waals surface area contributed by atoms with E-state index < -0.39 is 6.09 Å². The zero-order valence-electron chi connectivity index (χ0n) is 16.7. The van der Waals surface area contributed by atoms with Crippen LogP contribution in [-0.2, 0) is 4.74 Å². The van der Waals surface area contributed by atoms with Crippen molar-refractivity contribution in [1.82, 2.24) is 9.78 Å². The predicted octanol–water partition coefficient (Wildman–Crippen LogP) is 5.69. The van der Waals surface area contributed by atoms with Crippen molar-refractivity contribution in [1.29, 1.82) is 5.26 Å². The molecule has 0 spiro atoms. The fourth-order valence-corrected chi connectivity index (χ4v) is 3.36. The van der Waals surface area contributed by atoms with E-state index in [4.69, 9.17) is 21.6 Å². The summed E-state index contributed by atoms with van der Waals surface area (Å²) in [7, 11) is 1.75. The Hall–Kier alpha value is -3.04. The summed E-state index contributed by atoms with van der Waals surface area (Å²) in [5.74, 6) is 1.13. The fraction of sp³-hybridized carbons (Fsp3) is 0.318. The van der Waals surface area contributed by atoms with E-state index in [0.717, 1.165) is 29.4 Å². The number of fused-ring (bicyclic) bond motifs is 1. The first-order valence-corrected chi connectivity index (χ1v) is 9.90. The van der Waals surface area contributed by atoms with Gasteiger partial charge in [-0.05, 0) is 54.7 Å². The smallest absolute Gasteiger partial charge is 0.435 e. The number of benzene rings is 2. The van der Waals surface area contributed by atoms with Crippen molar-refractivity contribution >= 4 is 34.4 Å². The Kier molecular flexibility index (Phi) is 6.40. The SMILES string of the molecule is CNc1nn(C(=O)OCCCC(C)C)c2ccc(-c3cc(C#N)ccc3Cl)cc12. The predicted molar refractivity (Wildman–Crippen MR) is 115 cm³/mol. The fourth-order valence-electron chi connectivity index (χ4n) is 3.14. The molecule has 29 heavy (non-hydrogen) atoms. The molecule has 150 valence electrons. The number of halogens is 1. The first kappa shape index (κ1) is 20.7. The number of carbonyl (C=O) groups excluding carboxylic acids is 1. The average Bonchev–Trinajstić information content (AvgIpc) is 3.09. The highest BCUT2D eigenvalue weighted by Gasteiger charge is 2.17. The van der Waals surface area contributed by atoms with Crippen LogP contribution in [0.15, 0.2) is 36.4 Å². The van der Waals surface area contributed by atoms with E-state index in [1.807, 2.05) is 18.2 Å². The number of nitrogens with zero attached hydrogens (tertiary/aromatic N) is 3. The number of rotatable bonds is 6. The van der Waals surface area contributed by atoms with Crippen molar-refractivity contribution in [3.05, 3.63) is 47.0 Å². The van der Waals surface area contributed by atoms with Gasteiger partial charge in [0.15, 0.2) is 5.82 Å². The number of nitriles is 1. The van der Waals surface area contributed by atoms with Gasteiger partial charge in [0, 0.05) is 23.0 Å². The Morgan fingerprint density at radius 2 is 2.10 bits per heavy atom. The monoisotopic (exact) mass is 410 g/mol. The number of carbonyl (C=O) groups is 1. The molecule has 6 nitrogen and oxygen atoms in total. The normalized spacial score (nSPS) is 10.9. The molecular formula is C22H23ClN4O2. The first-order valence-electron chi connectivity index (χ1n) is 9.52. The summed E-state index contributed by atoms with van der Waals surface area (Å²) in [5.41, 5.74) is 2.75. The molecule has 0 aliphatic carbocycles. The molecule has 0 atom stereocenters. The Bertz CT molecular complexity index is 1080. The molecule has 7 heteroatoms. The lowest BCUT2D eigenvalue weighted by molar-refractivity contribution is 0.142. The van der Waals surface area contributed by atoms with E-state index >= 15 is 0 Å². The third-order valence-corrected chi connectivity index (χ3v) is 4.98. The number of nitrogens with one attached hydrogen (secondary N) is 1. The number of anilines is 1. The van der Waals surface area contributed by atoms with Crippen LogP contribution < -0.4 is 5.32 Å². The van der Waals surface area contributed by atoms with Crippen molar-refractivity contribution in [3.63, 3.8) is 0 Å². The van der Waals surface area contributed by atoms with Crippen LogP contribution in [0.25, 0.3) is 22.0 Å². The van der Waals surface area contributed by atoms with Crippen molar-refractivity contribution < 1.29 is 9.53 Å². The minimum atomic E-state index is -0.502. The van der Waals surface area contributed by atoms with Gasteiger partial charge in [0.25, 0.3) is 0 Å². The van der Waals surface area contributed by atoms with Gasteiger partial charge in [0.05, 0.1) is 23.8 Å². The van der Waals surface area contributed by atoms with Gasteiger partial charge < -0.3 is 10.1 Å². The van der Waals surface area contributed by atoms with Crippen molar-refractivity contribution in [2.75, 3.05) is 19.0 Å². The zero-order valence-corrected chi connectivity index (χ0v) is 17.5. The lowest BCUT2D eigenvalue weighted by Crippen LogP contribution is -2.16. The van der Waals surface area contributed by atoms with E-state index in [2.05, 4.69) is 30.3 Å². The van der Waals surface area contributed by atoms with Crippen LogP contribution in [0.1, 0.15) is 32.3 Å². The molecule has 0 amide bonds. The van der Waals surface area contributed by atoms with Crippen LogP contribution >= 0.6 is 11.6 Å². The highest BCUT2D eigenvalue weighted by molar-refractivity contribution is 6.33. The number of ether oxygens (including phenoxy) is 1. The van der Waals surface area contributed by atoms with Crippen LogP contribution in [0.5, 0.6) is 0 Å². The maximum Gasteiger partial charge on any atom is 0.435 e. The summed E-state index contributed by atoms with van der Waals surface area (Å²) >= 11 is 6.34. The highest BCUT2D eigenvalue weighted by Crippen LogP contribution is 2.33. The Balaban J connectivity index is 1.94. The van der Waals surface area contributed by atoms with Crippen LogP contribution in [-0.4, -0.2) is 29.5 Å². The van der Waals surface area contributed by atoms with E-state index in [-0.39, 0.29) is 0 Å². The quantitative estimate of drug-likeness (QED) is 0.528. The van der Waals surface area contributed by atoms with Gasteiger partial charge in [-0.2, -0.15) is 9.94 Å². The second-order valence-electron chi connectivity index (χ2n) is 7.20.